The minimum atomic E-state index is -0.458. The average Bonchev–Trinajstić information content (AvgIpc) is 3.07. The zero-order valence-electron chi connectivity index (χ0n) is 14.2. The van der Waals surface area contributed by atoms with Crippen LogP contribution in [0, 0.1) is 5.92 Å². The Morgan fingerprint density at radius 1 is 1.23 bits per heavy atom. The van der Waals surface area contributed by atoms with Gasteiger partial charge in [0.25, 0.3) is 0 Å². The first kappa shape index (κ1) is 17.5. The van der Waals surface area contributed by atoms with E-state index in [-0.39, 0.29) is 18.0 Å². The van der Waals surface area contributed by atoms with Gasteiger partial charge in [-0.25, -0.2) is 4.79 Å². The van der Waals surface area contributed by atoms with E-state index in [2.05, 4.69) is 15.5 Å². The normalized spacial score (nSPS) is 24.1. The second kappa shape index (κ2) is 8.73. The fraction of sp³-hybridized carbons (Fsp3) is 0.941. The van der Waals surface area contributed by atoms with Gasteiger partial charge in [-0.3, -0.25) is 0 Å². The van der Waals surface area contributed by atoms with Crippen molar-refractivity contribution in [2.24, 2.45) is 5.92 Å². The number of nitrogens with one attached hydrogen (secondary N) is 2. The zero-order chi connectivity index (χ0) is 15.9. The van der Waals surface area contributed by atoms with E-state index in [1.807, 2.05) is 13.8 Å². The molecule has 1 heterocycles. The van der Waals surface area contributed by atoms with Crippen LogP contribution < -0.4 is 10.6 Å². The third-order valence-corrected chi connectivity index (χ3v) is 5.48. The summed E-state index contributed by atoms with van der Waals surface area (Å²) in [4.78, 5) is 14.5. The van der Waals surface area contributed by atoms with Crippen LogP contribution in [0.5, 0.6) is 0 Å². The highest BCUT2D eigenvalue weighted by Gasteiger charge is 2.27. The lowest BCUT2D eigenvalue weighted by molar-refractivity contribution is 0.113. The smallest absolute Gasteiger partial charge is 0.315 e. The van der Waals surface area contributed by atoms with Gasteiger partial charge in [0.05, 0.1) is 6.10 Å². The summed E-state index contributed by atoms with van der Waals surface area (Å²) in [6.07, 6.45) is 8.01. The molecule has 0 spiro atoms. The second-order valence-electron chi connectivity index (χ2n) is 7.06. The van der Waals surface area contributed by atoms with E-state index >= 15 is 0 Å². The van der Waals surface area contributed by atoms with Crippen LogP contribution in [0.1, 0.15) is 58.8 Å². The number of hydrogen-bond acceptors (Lipinski definition) is 3. The number of aliphatic hydroxyl groups excluding tert-OH is 1. The van der Waals surface area contributed by atoms with Crippen LogP contribution in [0.25, 0.3) is 0 Å². The number of carbonyl (C=O) groups is 1. The summed E-state index contributed by atoms with van der Waals surface area (Å²) in [5.41, 5.74) is 0. The van der Waals surface area contributed by atoms with Gasteiger partial charge < -0.3 is 20.6 Å². The van der Waals surface area contributed by atoms with Crippen LogP contribution >= 0.6 is 0 Å². The molecule has 0 bridgehead atoms. The van der Waals surface area contributed by atoms with Crippen molar-refractivity contribution in [3.63, 3.8) is 0 Å². The largest absolute Gasteiger partial charge is 0.391 e. The van der Waals surface area contributed by atoms with Crippen molar-refractivity contribution >= 4 is 6.03 Å². The monoisotopic (exact) mass is 311 g/mol. The number of rotatable bonds is 6. The predicted molar refractivity (Wildman–Crippen MR) is 88.8 cm³/mol. The molecule has 0 aromatic heterocycles. The molecule has 2 amide bonds. The molecule has 22 heavy (non-hydrogen) atoms. The van der Waals surface area contributed by atoms with Gasteiger partial charge in [-0.1, -0.05) is 33.1 Å². The summed E-state index contributed by atoms with van der Waals surface area (Å²) in [6.45, 7) is 6.59. The SMILES string of the molecule is CCC(C)C(O)CNC(=O)NC1CCN(C2CCCC2)CC1. The van der Waals surface area contributed by atoms with Crippen molar-refractivity contribution < 1.29 is 9.90 Å². The van der Waals surface area contributed by atoms with Crippen LogP contribution in [-0.4, -0.2) is 53.9 Å². The number of amides is 2. The Kier molecular flexibility index (Phi) is 6.96. The zero-order valence-corrected chi connectivity index (χ0v) is 14.2. The van der Waals surface area contributed by atoms with Crippen molar-refractivity contribution in [2.75, 3.05) is 19.6 Å². The Balaban J connectivity index is 1.62. The molecule has 5 heteroatoms. The third kappa shape index (κ3) is 5.13. The summed E-state index contributed by atoms with van der Waals surface area (Å²) < 4.78 is 0. The Bertz CT molecular complexity index is 337. The Morgan fingerprint density at radius 2 is 1.86 bits per heavy atom. The Hall–Kier alpha value is -0.810. The number of hydrogen-bond donors (Lipinski definition) is 3. The highest BCUT2D eigenvalue weighted by molar-refractivity contribution is 5.74. The predicted octanol–water partition coefficient (Wildman–Crippen LogP) is 2.10. The van der Waals surface area contributed by atoms with Crippen molar-refractivity contribution in [3.05, 3.63) is 0 Å². The lowest BCUT2D eigenvalue weighted by Gasteiger charge is -2.36. The molecule has 2 rings (SSSR count). The molecular weight excluding hydrogens is 278 g/mol. The van der Waals surface area contributed by atoms with E-state index in [1.165, 1.54) is 25.7 Å². The first-order valence-electron chi connectivity index (χ1n) is 9.06. The standard InChI is InChI=1S/C17H33N3O2/c1-3-13(2)16(21)12-18-17(22)19-14-8-10-20(11-9-14)15-6-4-5-7-15/h13-16,21H,3-12H2,1-2H3,(H2,18,19,22). The van der Waals surface area contributed by atoms with Crippen LogP contribution in [0.2, 0.25) is 0 Å². The second-order valence-corrected chi connectivity index (χ2v) is 7.06. The molecular formula is C17H33N3O2. The molecule has 0 radical (unpaired) electrons. The number of urea groups is 1. The lowest BCUT2D eigenvalue weighted by atomic mass is 10.0. The molecule has 3 N–H and O–H groups in total. The number of carbonyl (C=O) groups excluding carboxylic acids is 1. The highest BCUT2D eigenvalue weighted by Crippen LogP contribution is 2.26. The number of piperidine rings is 1. The van der Waals surface area contributed by atoms with Gasteiger partial charge in [0.1, 0.15) is 0 Å². The number of nitrogens with zero attached hydrogens (tertiary/aromatic N) is 1. The molecule has 2 aliphatic rings. The van der Waals surface area contributed by atoms with Crippen LogP contribution in [0.15, 0.2) is 0 Å². The van der Waals surface area contributed by atoms with Crippen LogP contribution in [0.4, 0.5) is 4.79 Å². The summed E-state index contributed by atoms with van der Waals surface area (Å²) >= 11 is 0. The fourth-order valence-corrected chi connectivity index (χ4v) is 3.59. The molecule has 128 valence electrons. The van der Waals surface area contributed by atoms with E-state index in [0.29, 0.717) is 6.54 Å². The molecule has 2 atom stereocenters. The van der Waals surface area contributed by atoms with Gasteiger partial charge >= 0.3 is 6.03 Å². The number of aliphatic hydroxyl groups is 1. The van der Waals surface area contributed by atoms with Gasteiger partial charge in [0, 0.05) is 31.7 Å². The molecule has 5 nitrogen and oxygen atoms in total. The molecule has 2 fully saturated rings. The topological polar surface area (TPSA) is 64.6 Å². The first-order valence-corrected chi connectivity index (χ1v) is 9.06. The quantitative estimate of drug-likeness (QED) is 0.704. The van der Waals surface area contributed by atoms with E-state index in [9.17, 15) is 9.90 Å². The van der Waals surface area contributed by atoms with Crippen molar-refractivity contribution in [2.45, 2.75) is 77.0 Å². The van der Waals surface area contributed by atoms with Gasteiger partial charge in [-0.05, 0) is 31.6 Å². The minimum absolute atomic E-state index is 0.137. The lowest BCUT2D eigenvalue weighted by Crippen LogP contribution is -2.50. The van der Waals surface area contributed by atoms with Crippen molar-refractivity contribution in [1.82, 2.24) is 15.5 Å². The molecule has 1 aliphatic carbocycles. The minimum Gasteiger partial charge on any atom is -0.391 e. The maximum Gasteiger partial charge on any atom is 0.315 e. The molecule has 0 aromatic carbocycles. The third-order valence-electron chi connectivity index (χ3n) is 5.48. The van der Waals surface area contributed by atoms with E-state index in [1.54, 1.807) is 0 Å². The van der Waals surface area contributed by atoms with Crippen LogP contribution in [-0.2, 0) is 0 Å². The summed E-state index contributed by atoms with van der Waals surface area (Å²) in [5.74, 6) is 0.218. The Labute approximate surface area is 134 Å². The molecule has 1 saturated heterocycles. The average molecular weight is 311 g/mol. The number of likely N-dealkylation sites (tertiary alicyclic amines) is 1. The summed E-state index contributed by atoms with van der Waals surface area (Å²) in [7, 11) is 0. The van der Waals surface area contributed by atoms with Crippen molar-refractivity contribution in [1.29, 1.82) is 0 Å². The maximum absolute atomic E-state index is 11.9. The van der Waals surface area contributed by atoms with Crippen LogP contribution in [0.3, 0.4) is 0 Å². The van der Waals surface area contributed by atoms with E-state index in [0.717, 1.165) is 38.4 Å². The van der Waals surface area contributed by atoms with Gasteiger partial charge in [0.15, 0.2) is 0 Å². The maximum atomic E-state index is 11.9. The van der Waals surface area contributed by atoms with E-state index in [4.69, 9.17) is 0 Å². The fourth-order valence-electron chi connectivity index (χ4n) is 3.59. The summed E-state index contributed by atoms with van der Waals surface area (Å²) in [6, 6.07) is 0.931. The Morgan fingerprint density at radius 3 is 2.45 bits per heavy atom. The molecule has 1 aliphatic heterocycles. The molecule has 1 saturated carbocycles. The van der Waals surface area contributed by atoms with E-state index < -0.39 is 6.10 Å². The highest BCUT2D eigenvalue weighted by atomic mass is 16.3. The molecule has 2 unspecified atom stereocenters. The molecule has 0 aromatic rings. The first-order chi connectivity index (χ1) is 10.6. The van der Waals surface area contributed by atoms with Gasteiger partial charge in [-0.15, -0.1) is 0 Å². The van der Waals surface area contributed by atoms with Gasteiger partial charge in [-0.2, -0.15) is 0 Å². The van der Waals surface area contributed by atoms with Crippen molar-refractivity contribution in [3.8, 4) is 0 Å². The van der Waals surface area contributed by atoms with Gasteiger partial charge in [0.2, 0.25) is 0 Å². The summed E-state index contributed by atoms with van der Waals surface area (Å²) in [5, 5.41) is 15.7.